The molecule has 0 radical (unpaired) electrons. The van der Waals surface area contributed by atoms with Gasteiger partial charge in [0.2, 0.25) is 5.91 Å². The molecule has 0 bridgehead atoms. The zero-order chi connectivity index (χ0) is 20.1. The Hall–Kier alpha value is -2.90. The van der Waals surface area contributed by atoms with Crippen molar-refractivity contribution in [1.29, 1.82) is 0 Å². The zero-order valence-corrected chi connectivity index (χ0v) is 16.6. The molecule has 3 aromatic rings. The van der Waals surface area contributed by atoms with E-state index in [0.717, 1.165) is 11.3 Å². The maximum Gasteiger partial charge on any atom is 0.252 e. The lowest BCUT2D eigenvalue weighted by molar-refractivity contribution is -0.115. The van der Waals surface area contributed by atoms with Gasteiger partial charge in [-0.05, 0) is 37.3 Å². The number of hydrogen-bond acceptors (Lipinski definition) is 5. The van der Waals surface area contributed by atoms with Gasteiger partial charge in [0, 0.05) is 16.1 Å². The van der Waals surface area contributed by atoms with E-state index in [1.165, 1.54) is 17.4 Å². The number of halogens is 1. The number of nitrogens with two attached hydrogens (primary N) is 1. The molecule has 0 aliphatic carbocycles. The van der Waals surface area contributed by atoms with Crippen molar-refractivity contribution < 1.29 is 14.3 Å². The van der Waals surface area contributed by atoms with Crippen LogP contribution >= 0.6 is 22.9 Å². The van der Waals surface area contributed by atoms with E-state index in [1.54, 1.807) is 12.1 Å². The van der Waals surface area contributed by atoms with Crippen molar-refractivity contribution in [3.05, 3.63) is 74.7 Å². The quantitative estimate of drug-likeness (QED) is 0.610. The number of carbonyl (C=O) groups is 2. The Kier molecular flexibility index (Phi) is 6.28. The number of amides is 2. The third-order valence-corrected chi connectivity index (χ3v) is 4.96. The summed E-state index contributed by atoms with van der Waals surface area (Å²) in [4.78, 5) is 28.1. The molecule has 0 fully saturated rings. The molecule has 1 aromatic heterocycles. The summed E-state index contributed by atoms with van der Waals surface area (Å²) in [6.07, 6.45) is 0.173. The predicted molar refractivity (Wildman–Crippen MR) is 110 cm³/mol. The maximum atomic E-state index is 12.2. The summed E-state index contributed by atoms with van der Waals surface area (Å²) >= 11 is 7.26. The topological polar surface area (TPSA) is 94.3 Å². The molecular formula is C20H18ClN3O3S. The van der Waals surface area contributed by atoms with E-state index in [2.05, 4.69) is 10.3 Å². The number of nitrogens with one attached hydrogen (secondary N) is 1. The van der Waals surface area contributed by atoms with Crippen LogP contribution in [0.3, 0.4) is 0 Å². The third-order valence-electron chi connectivity index (χ3n) is 3.83. The summed E-state index contributed by atoms with van der Waals surface area (Å²) in [6, 6.07) is 12.3. The van der Waals surface area contributed by atoms with Crippen molar-refractivity contribution in [2.45, 2.75) is 20.0 Å². The van der Waals surface area contributed by atoms with Crippen LogP contribution in [0.5, 0.6) is 5.75 Å². The molecule has 6 nitrogen and oxygen atoms in total. The predicted octanol–water partition coefficient (Wildman–Crippen LogP) is 3.96. The van der Waals surface area contributed by atoms with E-state index >= 15 is 0 Å². The van der Waals surface area contributed by atoms with Crippen molar-refractivity contribution in [3.63, 3.8) is 0 Å². The van der Waals surface area contributed by atoms with Gasteiger partial charge in [-0.2, -0.15) is 0 Å². The maximum absolute atomic E-state index is 12.2. The largest absolute Gasteiger partial charge is 0.486 e. The molecule has 28 heavy (non-hydrogen) atoms. The Balaban J connectivity index is 1.58. The van der Waals surface area contributed by atoms with Gasteiger partial charge in [-0.15, -0.1) is 11.3 Å². The minimum absolute atomic E-state index is 0.139. The van der Waals surface area contributed by atoms with E-state index in [-0.39, 0.29) is 24.5 Å². The number of hydrogen-bond donors (Lipinski definition) is 2. The summed E-state index contributed by atoms with van der Waals surface area (Å²) in [6.45, 7) is 2.14. The van der Waals surface area contributed by atoms with Crippen LogP contribution in [0.2, 0.25) is 5.02 Å². The van der Waals surface area contributed by atoms with Gasteiger partial charge in [0.05, 0.1) is 17.7 Å². The highest BCUT2D eigenvalue weighted by Crippen LogP contribution is 2.24. The number of ether oxygens (including phenoxy) is 1. The second-order valence-corrected chi connectivity index (χ2v) is 7.50. The molecule has 144 valence electrons. The molecule has 0 spiro atoms. The van der Waals surface area contributed by atoms with Gasteiger partial charge in [-0.25, -0.2) is 4.98 Å². The highest BCUT2D eigenvalue weighted by Gasteiger charge is 2.12. The standard InChI is InChI=1S/C20H18ClN3O3S/c1-12-2-5-14(6-3-12)23-18(25)9-19-24-15(11-28-19)10-27-17-7-4-13(21)8-16(17)20(22)26/h2-8,11H,9-10H2,1H3,(H2,22,26)(H,23,25). The molecule has 3 rings (SSSR count). The summed E-state index contributed by atoms with van der Waals surface area (Å²) in [5.74, 6) is -0.424. The molecule has 0 aliphatic rings. The molecular weight excluding hydrogens is 398 g/mol. The Labute approximate surface area is 171 Å². The number of benzene rings is 2. The van der Waals surface area contributed by atoms with E-state index in [1.807, 2.05) is 36.6 Å². The summed E-state index contributed by atoms with van der Waals surface area (Å²) in [5, 5.41) is 5.73. The average Bonchev–Trinajstić information content (AvgIpc) is 3.09. The lowest BCUT2D eigenvalue weighted by Crippen LogP contribution is -2.14. The Morgan fingerprint density at radius 1 is 1.21 bits per heavy atom. The SMILES string of the molecule is Cc1ccc(NC(=O)Cc2nc(COc3ccc(Cl)cc3C(N)=O)cs2)cc1. The van der Waals surface area contributed by atoms with Gasteiger partial charge in [0.25, 0.3) is 5.91 Å². The Bertz CT molecular complexity index is 1000. The molecule has 0 unspecified atom stereocenters. The highest BCUT2D eigenvalue weighted by atomic mass is 35.5. The van der Waals surface area contributed by atoms with Gasteiger partial charge in [0.1, 0.15) is 17.4 Å². The number of carbonyl (C=O) groups excluding carboxylic acids is 2. The lowest BCUT2D eigenvalue weighted by Gasteiger charge is -2.08. The first-order chi connectivity index (χ1) is 13.4. The number of primary amides is 1. The number of nitrogens with zero attached hydrogens (tertiary/aromatic N) is 1. The molecule has 1 heterocycles. The van der Waals surface area contributed by atoms with Crippen molar-refractivity contribution in [2.24, 2.45) is 5.73 Å². The fourth-order valence-corrected chi connectivity index (χ4v) is 3.40. The first kappa shape index (κ1) is 19.9. The Morgan fingerprint density at radius 3 is 2.68 bits per heavy atom. The number of aryl methyl sites for hydroxylation is 1. The van der Waals surface area contributed by atoms with Crippen LogP contribution in [0, 0.1) is 6.92 Å². The molecule has 0 saturated heterocycles. The third kappa shape index (κ3) is 5.31. The van der Waals surface area contributed by atoms with Gasteiger partial charge >= 0.3 is 0 Å². The fourth-order valence-electron chi connectivity index (χ4n) is 2.45. The van der Waals surface area contributed by atoms with Gasteiger partial charge in [-0.1, -0.05) is 29.3 Å². The zero-order valence-electron chi connectivity index (χ0n) is 15.1. The van der Waals surface area contributed by atoms with Crippen LogP contribution < -0.4 is 15.8 Å². The molecule has 0 atom stereocenters. The second-order valence-electron chi connectivity index (χ2n) is 6.12. The number of thiazole rings is 1. The van der Waals surface area contributed by atoms with Crippen molar-refractivity contribution >= 4 is 40.4 Å². The normalized spacial score (nSPS) is 10.5. The molecule has 8 heteroatoms. The van der Waals surface area contributed by atoms with Crippen LogP contribution in [0.4, 0.5) is 5.69 Å². The smallest absolute Gasteiger partial charge is 0.252 e. The average molecular weight is 416 g/mol. The first-order valence-electron chi connectivity index (χ1n) is 8.42. The summed E-state index contributed by atoms with van der Waals surface area (Å²) in [7, 11) is 0. The van der Waals surface area contributed by atoms with Gasteiger partial charge < -0.3 is 15.8 Å². The fraction of sp³-hybridized carbons (Fsp3) is 0.150. The van der Waals surface area contributed by atoms with Crippen molar-refractivity contribution in [1.82, 2.24) is 4.98 Å². The molecule has 2 amide bonds. The van der Waals surface area contributed by atoms with E-state index < -0.39 is 5.91 Å². The lowest BCUT2D eigenvalue weighted by atomic mass is 10.2. The molecule has 0 saturated carbocycles. The second kappa shape index (κ2) is 8.86. The van der Waals surface area contributed by atoms with Crippen LogP contribution in [-0.4, -0.2) is 16.8 Å². The minimum Gasteiger partial charge on any atom is -0.486 e. The first-order valence-corrected chi connectivity index (χ1v) is 9.68. The van der Waals surface area contributed by atoms with Crippen molar-refractivity contribution in [2.75, 3.05) is 5.32 Å². The van der Waals surface area contributed by atoms with Crippen LogP contribution in [0.25, 0.3) is 0 Å². The number of aromatic nitrogens is 1. The molecule has 0 aliphatic heterocycles. The molecule has 3 N–H and O–H groups in total. The summed E-state index contributed by atoms with van der Waals surface area (Å²) < 4.78 is 5.65. The minimum atomic E-state index is -0.621. The molecule has 2 aromatic carbocycles. The van der Waals surface area contributed by atoms with E-state index in [4.69, 9.17) is 22.1 Å². The highest BCUT2D eigenvalue weighted by molar-refractivity contribution is 7.09. The van der Waals surface area contributed by atoms with Crippen LogP contribution in [-0.2, 0) is 17.8 Å². The van der Waals surface area contributed by atoms with Gasteiger partial charge in [0.15, 0.2) is 0 Å². The number of anilines is 1. The Morgan fingerprint density at radius 2 is 1.96 bits per heavy atom. The van der Waals surface area contributed by atoms with Crippen molar-refractivity contribution in [3.8, 4) is 5.75 Å². The monoisotopic (exact) mass is 415 g/mol. The number of rotatable bonds is 7. The van der Waals surface area contributed by atoms with E-state index in [9.17, 15) is 9.59 Å². The van der Waals surface area contributed by atoms with Crippen LogP contribution in [0.1, 0.15) is 26.6 Å². The van der Waals surface area contributed by atoms with Crippen LogP contribution in [0.15, 0.2) is 47.8 Å². The van der Waals surface area contributed by atoms with Gasteiger partial charge in [-0.3, -0.25) is 9.59 Å². The summed E-state index contributed by atoms with van der Waals surface area (Å²) in [5.41, 5.74) is 8.09. The van der Waals surface area contributed by atoms with E-state index in [0.29, 0.717) is 21.5 Å².